The zero-order valence-electron chi connectivity index (χ0n) is 33.5. The van der Waals surface area contributed by atoms with Gasteiger partial charge in [-0.2, -0.15) is 0 Å². The van der Waals surface area contributed by atoms with Crippen LogP contribution in [0.2, 0.25) is 0 Å². The number of ether oxygens (including phenoxy) is 2. The Hall–Kier alpha value is -4.40. The number of aliphatic imine (C=N–C) groups is 1. The van der Waals surface area contributed by atoms with Crippen LogP contribution in [0.15, 0.2) is 65.9 Å². The lowest BCUT2D eigenvalue weighted by Crippen LogP contribution is -2.42. The van der Waals surface area contributed by atoms with Gasteiger partial charge in [-0.25, -0.2) is 4.68 Å². The van der Waals surface area contributed by atoms with Gasteiger partial charge >= 0.3 is 0 Å². The molecule has 1 saturated carbocycles. The number of carbonyl (C=O) groups excluding carboxylic acids is 1. The van der Waals surface area contributed by atoms with Crippen molar-refractivity contribution in [2.75, 3.05) is 19.7 Å². The summed E-state index contributed by atoms with van der Waals surface area (Å²) in [6.45, 7) is 6.78. The number of rotatable bonds is 23. The molecule has 1 aliphatic rings. The monoisotopic (exact) mass is 827 g/mol. The van der Waals surface area contributed by atoms with E-state index in [9.17, 15) is 4.79 Å². The van der Waals surface area contributed by atoms with Gasteiger partial charge in [0.25, 0.3) is 0 Å². The molecule has 7 N–H and O–H groups in total. The Morgan fingerprint density at radius 1 is 0.877 bits per heavy atom. The summed E-state index contributed by atoms with van der Waals surface area (Å²) in [5.41, 5.74) is 20.6. The second kappa shape index (κ2) is 25.1. The summed E-state index contributed by atoms with van der Waals surface area (Å²) in [7, 11) is 0. The van der Waals surface area contributed by atoms with Crippen molar-refractivity contribution in [3.05, 3.63) is 72.3 Å². The Morgan fingerprint density at radius 2 is 1.58 bits per heavy atom. The molecule has 16 heteroatoms. The van der Waals surface area contributed by atoms with Crippen LogP contribution in [0.5, 0.6) is 11.5 Å². The van der Waals surface area contributed by atoms with Gasteiger partial charge in [-0.3, -0.25) is 14.5 Å². The van der Waals surface area contributed by atoms with Crippen LogP contribution < -0.4 is 32.0 Å². The van der Waals surface area contributed by atoms with Gasteiger partial charge in [-0.05, 0) is 92.3 Å². The fourth-order valence-corrected chi connectivity index (χ4v) is 6.98. The van der Waals surface area contributed by atoms with Crippen molar-refractivity contribution in [2.24, 2.45) is 34.0 Å². The predicted molar refractivity (Wildman–Crippen MR) is 230 cm³/mol. The van der Waals surface area contributed by atoms with Gasteiger partial charge in [0.05, 0.1) is 25.0 Å². The minimum atomic E-state index is -0.561. The molecule has 1 amide bonds. The van der Waals surface area contributed by atoms with Crippen molar-refractivity contribution < 1.29 is 14.3 Å². The summed E-state index contributed by atoms with van der Waals surface area (Å²) in [5.74, 6) is 2.69. The molecule has 314 valence electrons. The number of carbonyl (C=O) groups is 1. The van der Waals surface area contributed by atoms with E-state index in [1.807, 2.05) is 42.7 Å². The molecule has 4 aromatic rings. The molecule has 0 aliphatic heterocycles. The van der Waals surface area contributed by atoms with E-state index >= 15 is 0 Å². The number of hydrogen-bond donors (Lipinski definition) is 4. The van der Waals surface area contributed by atoms with Crippen LogP contribution in [0.1, 0.15) is 102 Å². The summed E-state index contributed by atoms with van der Waals surface area (Å²) < 4.78 is 15.6. The Labute approximate surface area is 349 Å². The van der Waals surface area contributed by atoms with Crippen molar-refractivity contribution in [3.8, 4) is 22.6 Å². The lowest BCUT2D eigenvalue weighted by atomic mass is 9.86. The number of nitrogens with one attached hydrogen (secondary N) is 1. The standard InChI is InChI=1S/C41H61N11O3.2ClH/c1-30(2)19-22-54-37-16-8-13-32(24-37)33-14-9-17-38(25-33)55-29-36-27-51(49-48-36)26-34(15-6-7-20-42)46-40(53)39(18-10-21-45-41(43)44)52-28-35(47-50-52)23-31-11-4-3-5-12-31;;/h8-9,13-14,16-17,24-25,27-28,30-31,34,39H,3-7,10-12,15,18-23,26,29,42H2,1-2H3,(H,46,53)(H4,43,44,45);2*1H/t34-,39-;;/m1../s1. The fourth-order valence-electron chi connectivity index (χ4n) is 6.98. The molecule has 1 fully saturated rings. The van der Waals surface area contributed by atoms with Crippen molar-refractivity contribution in [1.29, 1.82) is 0 Å². The minimum absolute atomic E-state index is 0. The molecule has 2 aromatic heterocycles. The zero-order chi connectivity index (χ0) is 38.8. The SMILES string of the molecule is CC(C)CCOc1cccc(-c2cccc(OCc3cn(C[C@@H](CCCCN)NC(=O)[C@@H](CCCN=C(N)N)n4cc(CC5CCCCC5)nn4)nn3)c2)c1.Cl.Cl. The van der Waals surface area contributed by atoms with Crippen molar-refractivity contribution >= 4 is 36.7 Å². The molecule has 0 unspecified atom stereocenters. The van der Waals surface area contributed by atoms with Gasteiger partial charge in [-0.1, -0.05) is 87.1 Å². The normalized spacial score (nSPS) is 13.9. The molecular formula is C41H63Cl2N11O3. The Kier molecular flexibility index (Phi) is 20.7. The first-order valence-corrected chi connectivity index (χ1v) is 20.1. The molecule has 14 nitrogen and oxygen atoms in total. The fraction of sp³-hybridized carbons (Fsp3) is 0.561. The third-order valence-corrected chi connectivity index (χ3v) is 10.0. The van der Waals surface area contributed by atoms with Crippen LogP contribution in [-0.2, 0) is 24.4 Å². The lowest BCUT2D eigenvalue weighted by molar-refractivity contribution is -0.125. The second-order valence-electron chi connectivity index (χ2n) is 15.2. The van der Waals surface area contributed by atoms with Gasteiger partial charge in [0, 0.05) is 18.8 Å². The van der Waals surface area contributed by atoms with Crippen LogP contribution in [0.3, 0.4) is 0 Å². The third kappa shape index (κ3) is 16.2. The van der Waals surface area contributed by atoms with E-state index in [1.165, 1.54) is 32.1 Å². The largest absolute Gasteiger partial charge is 0.494 e. The molecule has 0 bridgehead atoms. The van der Waals surface area contributed by atoms with Gasteiger partial charge < -0.3 is 32.0 Å². The van der Waals surface area contributed by atoms with Crippen molar-refractivity contribution in [1.82, 2.24) is 35.3 Å². The highest BCUT2D eigenvalue weighted by Gasteiger charge is 2.26. The minimum Gasteiger partial charge on any atom is -0.494 e. The van der Waals surface area contributed by atoms with E-state index in [0.717, 1.165) is 60.4 Å². The van der Waals surface area contributed by atoms with Crippen molar-refractivity contribution in [3.63, 3.8) is 0 Å². The van der Waals surface area contributed by atoms with Crippen LogP contribution in [0.25, 0.3) is 11.1 Å². The Morgan fingerprint density at radius 3 is 2.26 bits per heavy atom. The van der Waals surface area contributed by atoms with Gasteiger partial charge in [0.1, 0.15) is 29.8 Å². The third-order valence-electron chi connectivity index (χ3n) is 10.0. The van der Waals surface area contributed by atoms with Crippen molar-refractivity contribution in [2.45, 2.75) is 116 Å². The molecule has 0 radical (unpaired) electrons. The molecule has 57 heavy (non-hydrogen) atoms. The number of aromatic nitrogens is 6. The zero-order valence-corrected chi connectivity index (χ0v) is 35.1. The number of nitrogens with zero attached hydrogens (tertiary/aromatic N) is 7. The average molecular weight is 829 g/mol. The second-order valence-corrected chi connectivity index (χ2v) is 15.2. The maximum atomic E-state index is 14.0. The summed E-state index contributed by atoms with van der Waals surface area (Å²) in [5, 5.41) is 20.9. The first kappa shape index (κ1) is 47.0. The summed E-state index contributed by atoms with van der Waals surface area (Å²) in [4.78, 5) is 18.1. The summed E-state index contributed by atoms with van der Waals surface area (Å²) >= 11 is 0. The smallest absolute Gasteiger partial charge is 0.245 e. The molecular weight excluding hydrogens is 765 g/mol. The maximum absolute atomic E-state index is 14.0. The topological polar surface area (TPSA) is 199 Å². The van der Waals surface area contributed by atoms with Crippen LogP contribution in [0.4, 0.5) is 0 Å². The highest BCUT2D eigenvalue weighted by molar-refractivity contribution is 5.85. The molecule has 5 rings (SSSR count). The molecule has 2 aromatic carbocycles. The number of amides is 1. The maximum Gasteiger partial charge on any atom is 0.245 e. The van der Waals surface area contributed by atoms with Gasteiger partial charge in [0.15, 0.2) is 5.96 Å². The number of unbranched alkanes of at least 4 members (excludes halogenated alkanes) is 1. The Bertz CT molecular complexity index is 1770. The summed E-state index contributed by atoms with van der Waals surface area (Å²) in [6.07, 6.45) is 15.5. The van der Waals surface area contributed by atoms with E-state index in [1.54, 1.807) is 9.36 Å². The first-order valence-electron chi connectivity index (χ1n) is 20.1. The van der Waals surface area contributed by atoms with E-state index in [2.05, 4.69) is 63.0 Å². The molecule has 2 atom stereocenters. The molecule has 1 aliphatic carbocycles. The molecule has 0 spiro atoms. The molecule has 0 saturated heterocycles. The number of halogens is 2. The summed E-state index contributed by atoms with van der Waals surface area (Å²) in [6, 6.07) is 15.3. The predicted octanol–water partition coefficient (Wildman–Crippen LogP) is 6.42. The van der Waals surface area contributed by atoms with Gasteiger partial charge in [0.2, 0.25) is 5.91 Å². The number of hydrogen-bond acceptors (Lipinski definition) is 9. The quantitative estimate of drug-likeness (QED) is 0.0368. The van der Waals surface area contributed by atoms with Crippen LogP contribution in [-0.4, -0.2) is 67.6 Å². The van der Waals surface area contributed by atoms with Gasteiger partial charge in [-0.15, -0.1) is 35.0 Å². The lowest BCUT2D eigenvalue weighted by Gasteiger charge is -2.23. The highest BCUT2D eigenvalue weighted by Crippen LogP contribution is 2.28. The first-order chi connectivity index (χ1) is 26.7. The molecule has 2 heterocycles. The van der Waals surface area contributed by atoms with E-state index in [-0.39, 0.29) is 49.3 Å². The van der Waals surface area contributed by atoms with E-state index in [4.69, 9.17) is 26.7 Å². The van der Waals surface area contributed by atoms with E-state index < -0.39 is 6.04 Å². The Balaban J connectivity index is 0.00000435. The highest BCUT2D eigenvalue weighted by atomic mass is 35.5. The number of guanidine groups is 1. The van der Waals surface area contributed by atoms with Crippen LogP contribution in [0, 0.1) is 11.8 Å². The average Bonchev–Trinajstić information content (AvgIpc) is 3.83. The number of nitrogens with two attached hydrogens (primary N) is 3. The number of benzene rings is 2. The van der Waals surface area contributed by atoms with Crippen LogP contribution >= 0.6 is 24.8 Å². The van der Waals surface area contributed by atoms with E-state index in [0.29, 0.717) is 56.6 Å².